The molecule has 1 aromatic heterocycles. The molecule has 2 heterocycles. The van der Waals surface area contributed by atoms with Crippen LogP contribution in [0, 0.1) is 5.92 Å². The number of carbonyl (C=O) groups is 1. The lowest BCUT2D eigenvalue weighted by Gasteiger charge is -2.30. The van der Waals surface area contributed by atoms with Crippen LogP contribution in [0.3, 0.4) is 0 Å². The van der Waals surface area contributed by atoms with Crippen LogP contribution in [0.25, 0.3) is 10.9 Å². The summed E-state index contributed by atoms with van der Waals surface area (Å²) in [4.78, 5) is 38.4. The van der Waals surface area contributed by atoms with E-state index in [1.165, 1.54) is 4.57 Å². The highest BCUT2D eigenvalue weighted by molar-refractivity contribution is 5.85. The van der Waals surface area contributed by atoms with Gasteiger partial charge in [0.2, 0.25) is 5.91 Å². The number of H-pyrrole nitrogens is 1. The zero-order valence-corrected chi connectivity index (χ0v) is 14.9. The second-order valence-electron chi connectivity index (χ2n) is 6.32. The predicted octanol–water partition coefficient (Wildman–Crippen LogP) is 0.616. The summed E-state index contributed by atoms with van der Waals surface area (Å²) in [6, 6.07) is 7.08. The molecule has 1 aliphatic rings. The van der Waals surface area contributed by atoms with Crippen molar-refractivity contribution in [1.29, 1.82) is 0 Å². The molecule has 3 rings (SSSR count). The second kappa shape index (κ2) is 8.31. The number of hydrogen-bond acceptors (Lipinski definition) is 4. The standard InChI is InChI=1S/C17H22N4O3.ClH/c1-11-10-18-8-6-13(11)19-15(22)7-9-21-14-5-3-2-4-12(14)16(23)20-17(21)24;/h2-5,11,13,18H,6-10H2,1H3,(H,19,22)(H,20,23,24);1H. The summed E-state index contributed by atoms with van der Waals surface area (Å²) in [5, 5.41) is 6.80. The summed E-state index contributed by atoms with van der Waals surface area (Å²) >= 11 is 0. The Labute approximate surface area is 151 Å². The number of benzene rings is 1. The van der Waals surface area contributed by atoms with Gasteiger partial charge >= 0.3 is 5.69 Å². The van der Waals surface area contributed by atoms with E-state index in [-0.39, 0.29) is 37.3 Å². The van der Waals surface area contributed by atoms with Crippen molar-refractivity contribution in [2.24, 2.45) is 5.92 Å². The van der Waals surface area contributed by atoms with Crippen molar-refractivity contribution in [2.75, 3.05) is 13.1 Å². The molecule has 2 aromatic rings. The minimum Gasteiger partial charge on any atom is -0.353 e. The maximum atomic E-state index is 12.2. The fraction of sp³-hybridized carbons (Fsp3) is 0.471. The average molecular weight is 367 g/mol. The first-order chi connectivity index (χ1) is 11.6. The highest BCUT2D eigenvalue weighted by Crippen LogP contribution is 2.11. The van der Waals surface area contributed by atoms with Gasteiger partial charge in [-0.05, 0) is 37.6 Å². The SMILES string of the molecule is CC1CNCCC1NC(=O)CCn1c(=O)[nH]c(=O)c2ccccc21.Cl. The van der Waals surface area contributed by atoms with Crippen molar-refractivity contribution in [3.63, 3.8) is 0 Å². The van der Waals surface area contributed by atoms with Gasteiger partial charge in [-0.1, -0.05) is 19.1 Å². The topological polar surface area (TPSA) is 96.0 Å². The van der Waals surface area contributed by atoms with Gasteiger partial charge in [-0.3, -0.25) is 19.1 Å². The molecule has 25 heavy (non-hydrogen) atoms. The molecule has 0 spiro atoms. The maximum Gasteiger partial charge on any atom is 0.328 e. The Morgan fingerprint density at radius 3 is 2.84 bits per heavy atom. The van der Waals surface area contributed by atoms with Gasteiger partial charge in [0, 0.05) is 19.0 Å². The van der Waals surface area contributed by atoms with Gasteiger partial charge in [-0.2, -0.15) is 0 Å². The number of fused-ring (bicyclic) bond motifs is 1. The van der Waals surface area contributed by atoms with Crippen LogP contribution in [-0.4, -0.2) is 34.6 Å². The molecule has 1 aromatic carbocycles. The molecule has 2 unspecified atom stereocenters. The Kier molecular flexibility index (Phi) is 6.39. The number of halogens is 1. The van der Waals surface area contributed by atoms with Crippen LogP contribution in [0.15, 0.2) is 33.9 Å². The van der Waals surface area contributed by atoms with Crippen LogP contribution in [0.2, 0.25) is 0 Å². The molecule has 3 N–H and O–H groups in total. The molecule has 2 atom stereocenters. The first-order valence-electron chi connectivity index (χ1n) is 8.28. The number of rotatable bonds is 4. The molecule has 136 valence electrons. The first-order valence-corrected chi connectivity index (χ1v) is 8.28. The van der Waals surface area contributed by atoms with Crippen LogP contribution in [0.5, 0.6) is 0 Å². The van der Waals surface area contributed by atoms with E-state index >= 15 is 0 Å². The van der Waals surface area contributed by atoms with Crippen LogP contribution < -0.4 is 21.9 Å². The lowest BCUT2D eigenvalue weighted by Crippen LogP contribution is -2.48. The summed E-state index contributed by atoms with van der Waals surface area (Å²) in [5.74, 6) is 0.315. The maximum absolute atomic E-state index is 12.2. The molecule has 7 nitrogen and oxygen atoms in total. The van der Waals surface area contributed by atoms with E-state index in [9.17, 15) is 14.4 Å². The smallest absolute Gasteiger partial charge is 0.328 e. The van der Waals surface area contributed by atoms with Gasteiger partial charge in [0.25, 0.3) is 5.56 Å². The number of aromatic nitrogens is 2. The van der Waals surface area contributed by atoms with E-state index in [2.05, 4.69) is 22.5 Å². The van der Waals surface area contributed by atoms with Crippen LogP contribution in [-0.2, 0) is 11.3 Å². The third kappa shape index (κ3) is 4.29. The molecule has 0 bridgehead atoms. The largest absolute Gasteiger partial charge is 0.353 e. The van der Waals surface area contributed by atoms with E-state index in [1.807, 2.05) is 0 Å². The van der Waals surface area contributed by atoms with Gasteiger partial charge in [0.1, 0.15) is 0 Å². The Morgan fingerprint density at radius 1 is 1.32 bits per heavy atom. The number of piperidine rings is 1. The molecule has 1 aliphatic heterocycles. The average Bonchev–Trinajstić information content (AvgIpc) is 2.57. The van der Waals surface area contributed by atoms with E-state index in [1.54, 1.807) is 24.3 Å². The highest BCUT2D eigenvalue weighted by Gasteiger charge is 2.22. The third-order valence-electron chi connectivity index (χ3n) is 4.60. The van der Waals surface area contributed by atoms with Crippen LogP contribution >= 0.6 is 12.4 Å². The number of para-hydroxylation sites is 1. The number of carbonyl (C=O) groups excluding carboxylic acids is 1. The first kappa shape index (κ1) is 19.2. The van der Waals surface area contributed by atoms with E-state index < -0.39 is 11.2 Å². The summed E-state index contributed by atoms with van der Waals surface area (Å²) in [7, 11) is 0. The van der Waals surface area contributed by atoms with Gasteiger partial charge in [-0.25, -0.2) is 4.79 Å². The molecule has 0 radical (unpaired) electrons. The summed E-state index contributed by atoms with van der Waals surface area (Å²) in [6.07, 6.45) is 1.11. The van der Waals surface area contributed by atoms with Crippen molar-refractivity contribution in [3.05, 3.63) is 45.1 Å². The second-order valence-corrected chi connectivity index (χ2v) is 6.32. The molecular formula is C17H23ClN4O3. The minimum absolute atomic E-state index is 0. The number of aryl methyl sites for hydroxylation is 1. The Hall–Kier alpha value is -2.12. The molecule has 1 fully saturated rings. The molecule has 0 aliphatic carbocycles. The van der Waals surface area contributed by atoms with E-state index in [0.29, 0.717) is 16.8 Å². The fourth-order valence-corrected chi connectivity index (χ4v) is 3.19. The van der Waals surface area contributed by atoms with Gasteiger partial charge < -0.3 is 10.6 Å². The number of nitrogens with one attached hydrogen (secondary N) is 3. The molecular weight excluding hydrogens is 344 g/mol. The van der Waals surface area contributed by atoms with Crippen molar-refractivity contribution < 1.29 is 4.79 Å². The van der Waals surface area contributed by atoms with Crippen molar-refractivity contribution in [3.8, 4) is 0 Å². The molecule has 1 saturated heterocycles. The zero-order chi connectivity index (χ0) is 17.1. The van der Waals surface area contributed by atoms with Crippen molar-refractivity contribution in [1.82, 2.24) is 20.2 Å². The van der Waals surface area contributed by atoms with E-state index in [0.717, 1.165) is 19.5 Å². The number of nitrogens with zero attached hydrogens (tertiary/aromatic N) is 1. The molecule has 8 heteroatoms. The predicted molar refractivity (Wildman–Crippen MR) is 99.3 cm³/mol. The Balaban J connectivity index is 0.00000225. The monoisotopic (exact) mass is 366 g/mol. The van der Waals surface area contributed by atoms with Crippen molar-refractivity contribution in [2.45, 2.75) is 32.4 Å². The summed E-state index contributed by atoms with van der Waals surface area (Å²) in [6.45, 7) is 4.15. The number of amides is 1. The number of hydrogen-bond donors (Lipinski definition) is 3. The quantitative estimate of drug-likeness (QED) is 0.739. The zero-order valence-electron chi connectivity index (χ0n) is 14.1. The van der Waals surface area contributed by atoms with Gasteiger partial charge in [0.05, 0.1) is 10.9 Å². The fourth-order valence-electron chi connectivity index (χ4n) is 3.19. The highest BCUT2D eigenvalue weighted by atomic mass is 35.5. The Bertz CT molecular complexity index is 861. The summed E-state index contributed by atoms with van der Waals surface area (Å²) < 4.78 is 1.45. The molecule has 0 saturated carbocycles. The Morgan fingerprint density at radius 2 is 2.08 bits per heavy atom. The van der Waals surface area contributed by atoms with Gasteiger partial charge in [0.15, 0.2) is 0 Å². The third-order valence-corrected chi connectivity index (χ3v) is 4.60. The summed E-state index contributed by atoms with van der Waals surface area (Å²) in [5.41, 5.74) is -0.337. The van der Waals surface area contributed by atoms with Gasteiger partial charge in [-0.15, -0.1) is 12.4 Å². The van der Waals surface area contributed by atoms with Crippen LogP contribution in [0.1, 0.15) is 19.8 Å². The normalized spacial score (nSPS) is 20.0. The lowest BCUT2D eigenvalue weighted by atomic mass is 9.95. The number of aromatic amines is 1. The van der Waals surface area contributed by atoms with Crippen LogP contribution in [0.4, 0.5) is 0 Å². The minimum atomic E-state index is -0.485. The molecule has 1 amide bonds. The van der Waals surface area contributed by atoms with Crippen molar-refractivity contribution >= 4 is 29.2 Å². The van der Waals surface area contributed by atoms with E-state index in [4.69, 9.17) is 0 Å². The lowest BCUT2D eigenvalue weighted by molar-refractivity contribution is -0.122.